The van der Waals surface area contributed by atoms with Crippen LogP contribution < -0.4 is 0 Å². The van der Waals surface area contributed by atoms with Crippen LogP contribution in [0.2, 0.25) is 0 Å². The van der Waals surface area contributed by atoms with Crippen LogP contribution in [0.15, 0.2) is 113 Å². The molecule has 0 aliphatic carbocycles. The molecular weight excluding hydrogens is 614 g/mol. The third-order valence-electron chi connectivity index (χ3n) is 8.51. The number of rotatable bonds is 9. The van der Waals surface area contributed by atoms with E-state index in [1.165, 1.54) is 6.92 Å². The summed E-state index contributed by atoms with van der Waals surface area (Å²) < 4.78 is 2.13. The van der Waals surface area contributed by atoms with Crippen LogP contribution in [0.4, 0.5) is 0 Å². The summed E-state index contributed by atoms with van der Waals surface area (Å²) >= 11 is 0. The Hall–Kier alpha value is -6.15. The van der Waals surface area contributed by atoms with Gasteiger partial charge in [-0.2, -0.15) is 0 Å². The first-order valence-corrected chi connectivity index (χ1v) is 15.9. The van der Waals surface area contributed by atoms with Crippen LogP contribution in [0.3, 0.4) is 0 Å². The maximum Gasteiger partial charge on any atom is 0.332 e. The summed E-state index contributed by atoms with van der Waals surface area (Å²) in [6.45, 7) is 8.76. The van der Waals surface area contributed by atoms with Crippen molar-refractivity contribution in [3.63, 3.8) is 0 Å². The highest BCUT2D eigenvalue weighted by Gasteiger charge is 2.20. The Labute approximate surface area is 284 Å². The second-order valence-electron chi connectivity index (χ2n) is 12.1. The molecule has 6 rings (SSSR count). The van der Waals surface area contributed by atoms with Crippen LogP contribution in [0, 0.1) is 20.8 Å². The summed E-state index contributed by atoms with van der Waals surface area (Å²) in [6.07, 6.45) is 0. The Morgan fingerprint density at radius 1 is 0.694 bits per heavy atom. The largest absolute Gasteiger partial charge is 0.480 e. The average molecular weight is 650 g/mol. The van der Waals surface area contributed by atoms with Gasteiger partial charge in [-0.25, -0.2) is 4.79 Å². The Morgan fingerprint density at radius 3 is 1.86 bits per heavy atom. The summed E-state index contributed by atoms with van der Waals surface area (Å²) in [5.41, 5.74) is 10.4. The molecule has 0 bridgehead atoms. The Kier molecular flexibility index (Phi) is 9.05. The van der Waals surface area contributed by atoms with Crippen LogP contribution in [0.1, 0.15) is 63.1 Å². The first kappa shape index (κ1) is 32.8. The molecule has 0 aliphatic heterocycles. The minimum absolute atomic E-state index is 0.0455. The van der Waals surface area contributed by atoms with E-state index in [1.807, 2.05) is 124 Å². The number of aromatic nitrogens is 1. The lowest BCUT2D eigenvalue weighted by atomic mass is 9.92. The number of aliphatic imine (C=N–C) groups is 1. The molecule has 0 unspecified atom stereocenters. The Morgan fingerprint density at radius 2 is 1.27 bits per heavy atom. The number of carboxylic acids is 1. The molecule has 1 heterocycles. The first-order chi connectivity index (χ1) is 23.5. The number of benzene rings is 5. The zero-order chi connectivity index (χ0) is 34.8. The van der Waals surface area contributed by atoms with Gasteiger partial charge in [0, 0.05) is 51.3 Å². The summed E-state index contributed by atoms with van der Waals surface area (Å²) in [4.78, 5) is 46.2. The highest BCUT2D eigenvalue weighted by atomic mass is 16.7. The number of fused-ring (bicyclic) bond motifs is 3. The molecule has 49 heavy (non-hydrogen) atoms. The summed E-state index contributed by atoms with van der Waals surface area (Å²) in [6, 6.07) is 33.1. The molecule has 8 heteroatoms. The normalized spacial score (nSPS) is 12.0. The van der Waals surface area contributed by atoms with Crippen molar-refractivity contribution < 1.29 is 24.3 Å². The third-order valence-corrected chi connectivity index (χ3v) is 8.51. The lowest BCUT2D eigenvalue weighted by molar-refractivity contribution is -0.141. The molecule has 0 amide bonds. The molecule has 0 atom stereocenters. The molecule has 0 saturated carbocycles. The summed E-state index contributed by atoms with van der Waals surface area (Å²) in [5, 5.41) is 15.0. The van der Waals surface area contributed by atoms with Crippen molar-refractivity contribution in [2.45, 2.75) is 34.6 Å². The molecule has 0 radical (unpaired) electrons. The molecule has 0 fully saturated rings. The molecular formula is C41H35N3O5. The van der Waals surface area contributed by atoms with Gasteiger partial charge in [0.1, 0.15) is 12.3 Å². The average Bonchev–Trinajstić information content (AvgIpc) is 3.40. The van der Waals surface area contributed by atoms with Crippen molar-refractivity contribution >= 4 is 51.0 Å². The molecule has 1 aromatic heterocycles. The highest BCUT2D eigenvalue weighted by molar-refractivity contribution is 6.19. The number of ketones is 1. The Bertz CT molecular complexity index is 2310. The first-order valence-electron chi connectivity index (χ1n) is 15.9. The zero-order valence-electron chi connectivity index (χ0n) is 27.9. The van der Waals surface area contributed by atoms with Gasteiger partial charge in [-0.1, -0.05) is 71.4 Å². The lowest BCUT2D eigenvalue weighted by Crippen LogP contribution is -2.07. The monoisotopic (exact) mass is 649 g/mol. The maximum atomic E-state index is 14.0. The summed E-state index contributed by atoms with van der Waals surface area (Å²) in [7, 11) is 0. The number of oxime groups is 1. The number of nitrogens with zero attached hydrogens (tertiary/aromatic N) is 3. The van der Waals surface area contributed by atoms with Crippen molar-refractivity contribution in [3.05, 3.63) is 148 Å². The molecule has 5 aromatic carbocycles. The minimum Gasteiger partial charge on any atom is -0.480 e. The predicted molar refractivity (Wildman–Crippen MR) is 193 cm³/mol. The SMILES string of the molecule is CC(=O)ON=C(c1ccccc1)c1ccc2c(c1)c1cc(C(=O)c3c(C)cc(C)cc3C)ccc1n2-c1ccc(C(C)=NCC(=O)O)cc1. The molecule has 1 N–H and O–H groups in total. The van der Waals surface area contributed by atoms with Gasteiger partial charge in [-0.15, -0.1) is 0 Å². The maximum absolute atomic E-state index is 14.0. The number of carboxylic acid groups (broad SMARTS) is 1. The fourth-order valence-electron chi connectivity index (χ4n) is 6.38. The van der Waals surface area contributed by atoms with E-state index >= 15 is 0 Å². The van der Waals surface area contributed by atoms with E-state index in [0.717, 1.165) is 60.9 Å². The van der Waals surface area contributed by atoms with E-state index in [0.29, 0.717) is 22.6 Å². The van der Waals surface area contributed by atoms with Crippen molar-refractivity contribution in [1.82, 2.24) is 4.57 Å². The number of carbonyl (C=O) groups is 3. The van der Waals surface area contributed by atoms with Gasteiger partial charge >= 0.3 is 11.9 Å². The number of hydrogen-bond donors (Lipinski definition) is 1. The minimum atomic E-state index is -0.987. The van der Waals surface area contributed by atoms with Crippen molar-refractivity contribution in [2.24, 2.45) is 10.1 Å². The number of aryl methyl sites for hydroxylation is 3. The van der Waals surface area contributed by atoms with E-state index in [2.05, 4.69) is 14.7 Å². The van der Waals surface area contributed by atoms with E-state index < -0.39 is 11.9 Å². The molecule has 0 saturated heterocycles. The second kappa shape index (κ2) is 13.5. The van der Waals surface area contributed by atoms with Crippen LogP contribution in [-0.4, -0.2) is 45.4 Å². The van der Waals surface area contributed by atoms with Gasteiger partial charge in [0.2, 0.25) is 0 Å². The molecule has 8 nitrogen and oxygen atoms in total. The number of carbonyl (C=O) groups excluding carboxylic acids is 2. The zero-order valence-corrected chi connectivity index (χ0v) is 27.9. The fourth-order valence-corrected chi connectivity index (χ4v) is 6.38. The topological polar surface area (TPSA) is 110 Å². The standard InChI is InChI=1S/C41H35N3O5/c1-24-19-25(2)39(26(3)20-24)41(48)32-14-18-37-35(22-32)34-21-31(40(43-49-28(5)45)30-9-7-6-8-10-30)13-17-36(34)44(37)33-15-11-29(12-16-33)27(4)42-23-38(46)47/h6-22H,23H2,1-5H3,(H,46,47). The van der Waals surface area contributed by atoms with Gasteiger partial charge in [0.25, 0.3) is 0 Å². The van der Waals surface area contributed by atoms with E-state index in [9.17, 15) is 14.4 Å². The molecule has 0 spiro atoms. The second-order valence-corrected chi connectivity index (χ2v) is 12.1. The van der Waals surface area contributed by atoms with Crippen molar-refractivity contribution in [2.75, 3.05) is 6.54 Å². The van der Waals surface area contributed by atoms with Gasteiger partial charge in [-0.05, 0) is 86.8 Å². The van der Waals surface area contributed by atoms with Crippen molar-refractivity contribution in [1.29, 1.82) is 0 Å². The van der Waals surface area contributed by atoms with Gasteiger partial charge < -0.3 is 14.5 Å². The van der Waals surface area contributed by atoms with E-state index in [4.69, 9.17) is 9.94 Å². The van der Waals surface area contributed by atoms with Crippen molar-refractivity contribution in [3.8, 4) is 5.69 Å². The third kappa shape index (κ3) is 6.67. The van der Waals surface area contributed by atoms with E-state index in [1.54, 1.807) is 6.92 Å². The molecule has 244 valence electrons. The Balaban J connectivity index is 1.56. The number of hydrogen-bond acceptors (Lipinski definition) is 6. The predicted octanol–water partition coefficient (Wildman–Crippen LogP) is 8.15. The molecule has 6 aromatic rings. The van der Waals surface area contributed by atoms with Crippen LogP contribution in [0.5, 0.6) is 0 Å². The lowest BCUT2D eigenvalue weighted by Gasteiger charge is -2.11. The smallest absolute Gasteiger partial charge is 0.332 e. The molecule has 0 aliphatic rings. The van der Waals surface area contributed by atoms with Gasteiger partial charge in [0.05, 0.1) is 11.0 Å². The van der Waals surface area contributed by atoms with Gasteiger partial charge in [-0.3, -0.25) is 14.6 Å². The van der Waals surface area contributed by atoms with E-state index in [-0.39, 0.29) is 12.3 Å². The van der Waals surface area contributed by atoms with Gasteiger partial charge in [0.15, 0.2) is 5.78 Å². The van der Waals surface area contributed by atoms with Crippen LogP contribution in [0.25, 0.3) is 27.5 Å². The van der Waals surface area contributed by atoms with Crippen LogP contribution in [-0.2, 0) is 14.4 Å². The summed E-state index contributed by atoms with van der Waals surface area (Å²) in [5.74, 6) is -1.56. The highest BCUT2D eigenvalue weighted by Crippen LogP contribution is 2.35. The quantitative estimate of drug-likeness (QED) is 0.0736. The fraction of sp³-hybridized carbons (Fsp3) is 0.146. The van der Waals surface area contributed by atoms with Crippen LogP contribution >= 0.6 is 0 Å². The number of aliphatic carboxylic acids is 1.